The minimum Gasteiger partial charge on any atom is -0.289 e. The molecule has 0 spiro atoms. The van der Waals surface area contributed by atoms with E-state index in [2.05, 4.69) is 15.9 Å². The highest BCUT2D eigenvalue weighted by atomic mass is 79.9. The average Bonchev–Trinajstić information content (AvgIpc) is 2.50. The molecule has 0 saturated carbocycles. The van der Waals surface area contributed by atoms with Crippen LogP contribution in [0.4, 0.5) is 0 Å². The molecule has 0 aliphatic rings. The van der Waals surface area contributed by atoms with Crippen LogP contribution in [0.15, 0.2) is 59.1 Å². The highest BCUT2D eigenvalue weighted by molar-refractivity contribution is 9.10. The molecule has 0 amide bonds. The highest BCUT2D eigenvalue weighted by Crippen LogP contribution is 2.29. The van der Waals surface area contributed by atoms with Crippen molar-refractivity contribution < 1.29 is 4.79 Å². The van der Waals surface area contributed by atoms with E-state index >= 15 is 0 Å². The number of ketones is 1. The molecule has 0 N–H and O–H groups in total. The third-order valence-corrected chi connectivity index (χ3v) is 4.50. The number of carbonyl (C=O) groups excluding carboxylic acids is 1. The van der Waals surface area contributed by atoms with Crippen LogP contribution in [0, 0.1) is 6.92 Å². The molecule has 3 aromatic rings. The van der Waals surface area contributed by atoms with Gasteiger partial charge in [0.05, 0.1) is 0 Å². The molecular formula is C18H12BrClO. The molecule has 0 radical (unpaired) electrons. The van der Waals surface area contributed by atoms with Crippen molar-refractivity contribution in [3.05, 3.63) is 80.8 Å². The maximum Gasteiger partial charge on any atom is 0.194 e. The Morgan fingerprint density at radius 1 is 0.952 bits per heavy atom. The number of fused-ring (bicyclic) bond motifs is 1. The van der Waals surface area contributed by atoms with Crippen LogP contribution in [0.1, 0.15) is 21.5 Å². The maximum atomic E-state index is 12.9. The van der Waals surface area contributed by atoms with Gasteiger partial charge in [-0.05, 0) is 36.6 Å². The Labute approximate surface area is 136 Å². The van der Waals surface area contributed by atoms with Gasteiger partial charge in [0.2, 0.25) is 0 Å². The van der Waals surface area contributed by atoms with Crippen LogP contribution in [0.2, 0.25) is 5.02 Å². The Hall–Kier alpha value is -1.64. The Bertz CT molecular complexity index is 855. The minimum atomic E-state index is -0.00144. The van der Waals surface area contributed by atoms with Crippen LogP contribution in [-0.2, 0) is 0 Å². The van der Waals surface area contributed by atoms with Crippen LogP contribution in [-0.4, -0.2) is 5.78 Å². The summed E-state index contributed by atoms with van der Waals surface area (Å²) in [6, 6.07) is 17.0. The van der Waals surface area contributed by atoms with Gasteiger partial charge >= 0.3 is 0 Å². The van der Waals surface area contributed by atoms with E-state index in [1.54, 1.807) is 12.1 Å². The summed E-state index contributed by atoms with van der Waals surface area (Å²) < 4.78 is 0.803. The average molecular weight is 360 g/mol. The lowest BCUT2D eigenvalue weighted by Crippen LogP contribution is -2.04. The van der Waals surface area contributed by atoms with Crippen LogP contribution in [0.25, 0.3) is 10.8 Å². The van der Waals surface area contributed by atoms with Crippen molar-refractivity contribution in [1.82, 2.24) is 0 Å². The quantitative estimate of drug-likeness (QED) is 0.529. The Kier molecular flexibility index (Phi) is 3.83. The Morgan fingerprint density at radius 2 is 1.67 bits per heavy atom. The topological polar surface area (TPSA) is 17.1 Å². The van der Waals surface area contributed by atoms with Crippen LogP contribution >= 0.6 is 27.5 Å². The van der Waals surface area contributed by atoms with Gasteiger partial charge in [-0.2, -0.15) is 0 Å². The molecule has 0 saturated heterocycles. The zero-order valence-electron chi connectivity index (χ0n) is 11.4. The van der Waals surface area contributed by atoms with Crippen molar-refractivity contribution in [2.75, 3.05) is 0 Å². The second kappa shape index (κ2) is 5.63. The third-order valence-electron chi connectivity index (χ3n) is 3.48. The molecule has 3 aromatic carbocycles. The van der Waals surface area contributed by atoms with E-state index in [1.807, 2.05) is 49.4 Å². The first-order chi connectivity index (χ1) is 10.1. The summed E-state index contributed by atoms with van der Waals surface area (Å²) in [5.41, 5.74) is 2.39. The number of aryl methyl sites for hydroxylation is 1. The predicted molar refractivity (Wildman–Crippen MR) is 91.3 cm³/mol. The summed E-state index contributed by atoms with van der Waals surface area (Å²) in [5, 5.41) is 2.43. The second-order valence-corrected chi connectivity index (χ2v) is 6.21. The number of halogens is 2. The highest BCUT2D eigenvalue weighted by Gasteiger charge is 2.16. The van der Waals surface area contributed by atoms with E-state index in [9.17, 15) is 4.79 Å². The van der Waals surface area contributed by atoms with E-state index in [1.165, 1.54) is 0 Å². The molecule has 0 aliphatic heterocycles. The van der Waals surface area contributed by atoms with Gasteiger partial charge in [-0.3, -0.25) is 4.79 Å². The van der Waals surface area contributed by atoms with Crippen molar-refractivity contribution in [3.8, 4) is 0 Å². The van der Waals surface area contributed by atoms with Gasteiger partial charge in [-0.25, -0.2) is 0 Å². The fourth-order valence-electron chi connectivity index (χ4n) is 2.42. The number of hydrogen-bond acceptors (Lipinski definition) is 1. The van der Waals surface area contributed by atoms with Crippen molar-refractivity contribution in [2.24, 2.45) is 0 Å². The molecule has 0 aliphatic carbocycles. The first kappa shape index (κ1) is 14.3. The van der Waals surface area contributed by atoms with Gasteiger partial charge < -0.3 is 0 Å². The van der Waals surface area contributed by atoms with Gasteiger partial charge in [0.15, 0.2) is 5.78 Å². The molecule has 0 unspecified atom stereocenters. The van der Waals surface area contributed by atoms with Crippen LogP contribution in [0.3, 0.4) is 0 Å². The normalized spacial score (nSPS) is 10.8. The zero-order chi connectivity index (χ0) is 15.0. The third kappa shape index (κ3) is 2.61. The van der Waals surface area contributed by atoms with Crippen molar-refractivity contribution in [1.29, 1.82) is 0 Å². The minimum absolute atomic E-state index is 0.00144. The number of rotatable bonds is 2. The summed E-state index contributed by atoms with van der Waals surface area (Å²) >= 11 is 9.68. The van der Waals surface area contributed by atoms with Crippen molar-refractivity contribution in [2.45, 2.75) is 6.92 Å². The molecule has 1 nitrogen and oxygen atoms in total. The van der Waals surface area contributed by atoms with Gasteiger partial charge in [0.25, 0.3) is 0 Å². The lowest BCUT2D eigenvalue weighted by Gasteiger charge is -2.09. The van der Waals surface area contributed by atoms with E-state index in [0.29, 0.717) is 16.1 Å². The van der Waals surface area contributed by atoms with E-state index < -0.39 is 0 Å². The first-order valence-electron chi connectivity index (χ1n) is 6.56. The molecule has 0 atom stereocenters. The first-order valence-corrected chi connectivity index (χ1v) is 7.73. The zero-order valence-corrected chi connectivity index (χ0v) is 13.7. The molecule has 21 heavy (non-hydrogen) atoms. The van der Waals surface area contributed by atoms with Gasteiger partial charge in [0.1, 0.15) is 0 Å². The van der Waals surface area contributed by atoms with Gasteiger partial charge in [-0.15, -0.1) is 0 Å². The second-order valence-electron chi connectivity index (χ2n) is 4.95. The summed E-state index contributed by atoms with van der Waals surface area (Å²) in [6.07, 6.45) is 0. The molecule has 3 heteroatoms. The smallest absolute Gasteiger partial charge is 0.194 e. The fraction of sp³-hybridized carbons (Fsp3) is 0.0556. The molecule has 3 rings (SSSR count). The Morgan fingerprint density at radius 3 is 2.43 bits per heavy atom. The molecule has 0 heterocycles. The van der Waals surface area contributed by atoms with Crippen molar-refractivity contribution >= 4 is 44.1 Å². The Balaban J connectivity index is 2.23. The molecule has 0 bridgehead atoms. The van der Waals surface area contributed by atoms with Crippen LogP contribution in [0.5, 0.6) is 0 Å². The standard InChI is InChI=1S/C18H12BrClO/c1-11-6-8-16(19)15(10-11)18(21)14-7-9-17(20)13-5-3-2-4-12(13)14/h2-10H,1H3. The van der Waals surface area contributed by atoms with E-state index in [4.69, 9.17) is 11.6 Å². The van der Waals surface area contributed by atoms with E-state index in [-0.39, 0.29) is 5.78 Å². The predicted octanol–water partition coefficient (Wildman–Crippen LogP) is 5.80. The molecule has 0 aromatic heterocycles. The number of benzene rings is 3. The van der Waals surface area contributed by atoms with Gasteiger partial charge in [0, 0.05) is 26.0 Å². The molecule has 104 valence electrons. The SMILES string of the molecule is Cc1ccc(Br)c(C(=O)c2ccc(Cl)c3ccccc23)c1. The maximum absolute atomic E-state index is 12.9. The summed E-state index contributed by atoms with van der Waals surface area (Å²) in [6.45, 7) is 1.98. The summed E-state index contributed by atoms with van der Waals surface area (Å²) in [4.78, 5) is 12.9. The van der Waals surface area contributed by atoms with Gasteiger partial charge in [-0.1, -0.05) is 63.4 Å². The number of hydrogen-bond donors (Lipinski definition) is 0. The molecule has 0 fully saturated rings. The monoisotopic (exact) mass is 358 g/mol. The largest absolute Gasteiger partial charge is 0.289 e. The summed E-state index contributed by atoms with van der Waals surface area (Å²) in [7, 11) is 0. The summed E-state index contributed by atoms with van der Waals surface area (Å²) in [5.74, 6) is -0.00144. The fourth-order valence-corrected chi connectivity index (χ4v) is 3.07. The van der Waals surface area contributed by atoms with E-state index in [0.717, 1.165) is 20.8 Å². The number of carbonyl (C=O) groups is 1. The van der Waals surface area contributed by atoms with Crippen LogP contribution < -0.4 is 0 Å². The molecular weight excluding hydrogens is 348 g/mol. The van der Waals surface area contributed by atoms with Crippen molar-refractivity contribution in [3.63, 3.8) is 0 Å². The lowest BCUT2D eigenvalue weighted by atomic mass is 9.96. The lowest BCUT2D eigenvalue weighted by molar-refractivity contribution is 0.103.